The first-order valence-corrected chi connectivity index (χ1v) is 10.1. The average molecular weight is 367 g/mol. The molecule has 2 aliphatic heterocycles. The summed E-state index contributed by atoms with van der Waals surface area (Å²) in [5.74, 6) is 1.71. The number of nitrogens with one attached hydrogen (secondary N) is 1. The van der Waals surface area contributed by atoms with Crippen molar-refractivity contribution >= 4 is 23.1 Å². The molecule has 0 aliphatic carbocycles. The third-order valence-corrected chi connectivity index (χ3v) is 5.27. The summed E-state index contributed by atoms with van der Waals surface area (Å²) in [7, 11) is 0. The number of para-hydroxylation sites is 2. The molecule has 27 heavy (non-hydrogen) atoms. The van der Waals surface area contributed by atoms with E-state index in [0.29, 0.717) is 5.95 Å². The van der Waals surface area contributed by atoms with Crippen LogP contribution in [-0.2, 0) is 4.74 Å². The molecule has 1 aromatic carbocycles. The van der Waals surface area contributed by atoms with E-state index >= 15 is 0 Å². The van der Waals surface area contributed by atoms with E-state index in [-0.39, 0.29) is 0 Å². The molecular weight excluding hydrogens is 338 g/mol. The molecule has 1 aromatic heterocycles. The first-order valence-electron chi connectivity index (χ1n) is 10.1. The number of nitrogens with zero attached hydrogens (tertiary/aromatic N) is 4. The average Bonchev–Trinajstić information content (AvgIpc) is 2.98. The van der Waals surface area contributed by atoms with Crippen molar-refractivity contribution in [3.63, 3.8) is 0 Å². The maximum absolute atomic E-state index is 5.50. The molecule has 2 aromatic rings. The SMILES string of the molecule is Cc1cc(N2CCCCCC2)nc(Nc2ccccc2N2CCOCC2)n1. The van der Waals surface area contributed by atoms with E-state index in [9.17, 15) is 0 Å². The van der Waals surface area contributed by atoms with E-state index in [1.54, 1.807) is 0 Å². The van der Waals surface area contributed by atoms with Crippen LogP contribution in [0.4, 0.5) is 23.1 Å². The van der Waals surface area contributed by atoms with Crippen molar-refractivity contribution in [1.29, 1.82) is 0 Å². The smallest absolute Gasteiger partial charge is 0.229 e. The Balaban J connectivity index is 1.57. The van der Waals surface area contributed by atoms with Gasteiger partial charge in [0.05, 0.1) is 24.6 Å². The highest BCUT2D eigenvalue weighted by molar-refractivity contribution is 5.73. The van der Waals surface area contributed by atoms with Crippen LogP contribution >= 0.6 is 0 Å². The normalized spacial score (nSPS) is 18.3. The Hall–Kier alpha value is -2.34. The van der Waals surface area contributed by atoms with Gasteiger partial charge in [-0.2, -0.15) is 4.98 Å². The molecule has 4 rings (SSSR count). The second kappa shape index (κ2) is 8.57. The fraction of sp³-hybridized carbons (Fsp3) is 0.524. The molecule has 0 unspecified atom stereocenters. The minimum atomic E-state index is 0.676. The highest BCUT2D eigenvalue weighted by Crippen LogP contribution is 2.29. The quantitative estimate of drug-likeness (QED) is 0.888. The van der Waals surface area contributed by atoms with Crippen molar-refractivity contribution < 1.29 is 4.74 Å². The topological polar surface area (TPSA) is 53.5 Å². The lowest BCUT2D eigenvalue weighted by molar-refractivity contribution is 0.123. The van der Waals surface area contributed by atoms with Crippen molar-refractivity contribution in [2.45, 2.75) is 32.6 Å². The maximum atomic E-state index is 5.50. The Morgan fingerprint density at radius 1 is 0.889 bits per heavy atom. The van der Waals surface area contributed by atoms with Crippen LogP contribution in [0, 0.1) is 6.92 Å². The van der Waals surface area contributed by atoms with Crippen LogP contribution in [0.25, 0.3) is 0 Å². The lowest BCUT2D eigenvalue weighted by Gasteiger charge is -2.30. The summed E-state index contributed by atoms with van der Waals surface area (Å²) in [5, 5.41) is 3.47. The maximum Gasteiger partial charge on any atom is 0.229 e. The third-order valence-electron chi connectivity index (χ3n) is 5.27. The van der Waals surface area contributed by atoms with Gasteiger partial charge in [-0.25, -0.2) is 4.98 Å². The summed E-state index contributed by atoms with van der Waals surface area (Å²) in [6, 6.07) is 10.5. The molecule has 0 amide bonds. The second-order valence-corrected chi connectivity index (χ2v) is 7.33. The number of anilines is 4. The van der Waals surface area contributed by atoms with Gasteiger partial charge in [0, 0.05) is 37.9 Å². The van der Waals surface area contributed by atoms with Crippen LogP contribution in [0.5, 0.6) is 0 Å². The fourth-order valence-electron chi connectivity index (χ4n) is 3.85. The third kappa shape index (κ3) is 4.50. The van der Waals surface area contributed by atoms with Crippen LogP contribution in [0.2, 0.25) is 0 Å². The number of hydrogen-bond acceptors (Lipinski definition) is 6. The monoisotopic (exact) mass is 367 g/mol. The number of morpholine rings is 1. The van der Waals surface area contributed by atoms with Crippen molar-refractivity contribution in [2.24, 2.45) is 0 Å². The van der Waals surface area contributed by atoms with Crippen LogP contribution in [-0.4, -0.2) is 49.4 Å². The first-order chi connectivity index (χ1) is 13.3. The highest BCUT2D eigenvalue weighted by Gasteiger charge is 2.17. The summed E-state index contributed by atoms with van der Waals surface area (Å²) in [6.45, 7) is 7.57. The Bertz CT molecular complexity index is 752. The van der Waals surface area contributed by atoms with E-state index in [2.05, 4.69) is 50.4 Å². The summed E-state index contributed by atoms with van der Waals surface area (Å²) >= 11 is 0. The lowest BCUT2D eigenvalue weighted by Crippen LogP contribution is -2.36. The van der Waals surface area contributed by atoms with E-state index < -0.39 is 0 Å². The summed E-state index contributed by atoms with van der Waals surface area (Å²) < 4.78 is 5.50. The summed E-state index contributed by atoms with van der Waals surface area (Å²) in [5.41, 5.74) is 3.23. The zero-order valence-corrected chi connectivity index (χ0v) is 16.2. The van der Waals surface area contributed by atoms with Crippen molar-refractivity contribution in [3.8, 4) is 0 Å². The predicted molar refractivity (Wildman–Crippen MR) is 110 cm³/mol. The zero-order chi connectivity index (χ0) is 18.5. The largest absolute Gasteiger partial charge is 0.378 e. The molecule has 0 saturated carbocycles. The Morgan fingerprint density at radius 3 is 2.41 bits per heavy atom. The Morgan fingerprint density at radius 2 is 1.63 bits per heavy atom. The van der Waals surface area contributed by atoms with Gasteiger partial charge in [0.25, 0.3) is 0 Å². The van der Waals surface area contributed by atoms with Gasteiger partial charge in [-0.05, 0) is 31.9 Å². The standard InChI is InChI=1S/C21H29N5O/c1-17-16-20(26-10-6-2-3-7-11-26)24-21(22-17)23-18-8-4-5-9-19(18)25-12-14-27-15-13-25/h4-5,8-9,16H,2-3,6-7,10-15H2,1H3,(H,22,23,24). The molecule has 3 heterocycles. The molecular formula is C21H29N5O. The van der Waals surface area contributed by atoms with E-state index in [1.807, 2.05) is 6.92 Å². The van der Waals surface area contributed by atoms with Crippen LogP contribution in [0.1, 0.15) is 31.4 Å². The molecule has 1 N–H and O–H groups in total. The predicted octanol–water partition coefficient (Wildman–Crippen LogP) is 3.75. The molecule has 0 bridgehead atoms. The first kappa shape index (κ1) is 18.0. The van der Waals surface area contributed by atoms with Crippen molar-refractivity contribution in [1.82, 2.24) is 9.97 Å². The number of hydrogen-bond donors (Lipinski definition) is 1. The van der Waals surface area contributed by atoms with Gasteiger partial charge in [-0.1, -0.05) is 25.0 Å². The van der Waals surface area contributed by atoms with Crippen LogP contribution in [0.3, 0.4) is 0 Å². The van der Waals surface area contributed by atoms with Crippen LogP contribution < -0.4 is 15.1 Å². The fourth-order valence-corrected chi connectivity index (χ4v) is 3.85. The minimum Gasteiger partial charge on any atom is -0.378 e. The van der Waals surface area contributed by atoms with Gasteiger partial charge in [-0.3, -0.25) is 0 Å². The van der Waals surface area contributed by atoms with Gasteiger partial charge in [-0.15, -0.1) is 0 Å². The molecule has 0 spiro atoms. The molecule has 2 saturated heterocycles. The Labute approximate surface area is 161 Å². The molecule has 6 nitrogen and oxygen atoms in total. The Kier molecular flexibility index (Phi) is 5.72. The lowest BCUT2D eigenvalue weighted by atomic mass is 10.2. The van der Waals surface area contributed by atoms with E-state index in [1.165, 1.54) is 31.4 Å². The molecule has 0 radical (unpaired) electrons. The van der Waals surface area contributed by atoms with Crippen molar-refractivity contribution in [2.75, 3.05) is 54.5 Å². The van der Waals surface area contributed by atoms with E-state index in [4.69, 9.17) is 9.72 Å². The number of rotatable bonds is 4. The molecule has 2 fully saturated rings. The molecule has 6 heteroatoms. The highest BCUT2D eigenvalue weighted by atomic mass is 16.5. The van der Waals surface area contributed by atoms with Gasteiger partial charge in [0.2, 0.25) is 5.95 Å². The molecule has 2 aliphatic rings. The zero-order valence-electron chi connectivity index (χ0n) is 16.2. The summed E-state index contributed by atoms with van der Waals surface area (Å²) in [6.07, 6.45) is 5.12. The number of aryl methyl sites for hydroxylation is 1. The van der Waals surface area contributed by atoms with Gasteiger partial charge < -0.3 is 19.9 Å². The number of aromatic nitrogens is 2. The molecule has 0 atom stereocenters. The second-order valence-electron chi connectivity index (χ2n) is 7.33. The molecule has 144 valence electrons. The number of ether oxygens (including phenoxy) is 1. The van der Waals surface area contributed by atoms with E-state index in [0.717, 1.165) is 56.6 Å². The summed E-state index contributed by atoms with van der Waals surface area (Å²) in [4.78, 5) is 14.2. The van der Waals surface area contributed by atoms with Gasteiger partial charge >= 0.3 is 0 Å². The van der Waals surface area contributed by atoms with Gasteiger partial charge in [0.1, 0.15) is 5.82 Å². The number of benzene rings is 1. The minimum absolute atomic E-state index is 0.676. The van der Waals surface area contributed by atoms with Crippen molar-refractivity contribution in [3.05, 3.63) is 36.0 Å². The van der Waals surface area contributed by atoms with Crippen LogP contribution in [0.15, 0.2) is 30.3 Å². The van der Waals surface area contributed by atoms with Gasteiger partial charge in [0.15, 0.2) is 0 Å².